The number of esters is 1. The molecular formula is C11H11O3. The van der Waals surface area contributed by atoms with Crippen molar-refractivity contribution < 1.29 is 14.3 Å². The first-order valence-electron chi connectivity index (χ1n) is 4.02. The van der Waals surface area contributed by atoms with Crippen LogP contribution in [0.5, 0.6) is 5.75 Å². The van der Waals surface area contributed by atoms with Crippen LogP contribution in [0, 0.1) is 6.08 Å². The highest BCUT2D eigenvalue weighted by Gasteiger charge is 2.11. The van der Waals surface area contributed by atoms with Crippen molar-refractivity contribution in [2.24, 2.45) is 0 Å². The number of hydrogen-bond acceptors (Lipinski definition) is 3. The number of carbonyl (C=O) groups is 1. The Labute approximate surface area is 83.0 Å². The van der Waals surface area contributed by atoms with Gasteiger partial charge < -0.3 is 9.47 Å². The van der Waals surface area contributed by atoms with Gasteiger partial charge >= 0.3 is 5.97 Å². The van der Waals surface area contributed by atoms with E-state index in [-0.39, 0.29) is 0 Å². The van der Waals surface area contributed by atoms with Gasteiger partial charge in [0.2, 0.25) is 0 Å². The largest absolute Gasteiger partial charge is 0.496 e. The van der Waals surface area contributed by atoms with Crippen LogP contribution in [0.2, 0.25) is 0 Å². The second-order valence-electron chi connectivity index (χ2n) is 2.58. The minimum absolute atomic E-state index is 0.397. The average Bonchev–Trinajstić information content (AvgIpc) is 2.27. The Balaban J connectivity index is 3.17. The van der Waals surface area contributed by atoms with Crippen LogP contribution in [-0.2, 0) is 4.74 Å². The van der Waals surface area contributed by atoms with E-state index >= 15 is 0 Å². The Bertz CT molecular complexity index is 356. The van der Waals surface area contributed by atoms with Crippen LogP contribution in [0.3, 0.4) is 0 Å². The van der Waals surface area contributed by atoms with Crippen LogP contribution in [0.4, 0.5) is 0 Å². The van der Waals surface area contributed by atoms with Gasteiger partial charge in [0.25, 0.3) is 0 Å². The second-order valence-corrected chi connectivity index (χ2v) is 2.58. The van der Waals surface area contributed by atoms with Crippen LogP contribution in [0.1, 0.15) is 15.9 Å². The molecule has 1 aromatic carbocycles. The maximum atomic E-state index is 11.3. The second kappa shape index (κ2) is 4.46. The number of hydrogen-bond donors (Lipinski definition) is 0. The minimum atomic E-state index is -0.419. The molecule has 73 valence electrons. The van der Waals surface area contributed by atoms with Crippen molar-refractivity contribution in [1.29, 1.82) is 0 Å². The topological polar surface area (TPSA) is 35.5 Å². The molecule has 0 amide bonds. The van der Waals surface area contributed by atoms with E-state index in [4.69, 9.17) is 4.74 Å². The molecule has 1 radical (unpaired) electrons. The van der Waals surface area contributed by atoms with Crippen molar-refractivity contribution in [2.45, 2.75) is 0 Å². The third kappa shape index (κ3) is 1.93. The molecule has 0 bridgehead atoms. The fourth-order valence-electron chi connectivity index (χ4n) is 1.08. The van der Waals surface area contributed by atoms with Gasteiger partial charge in [0.05, 0.1) is 14.2 Å². The molecule has 0 aromatic heterocycles. The number of methoxy groups -OCH3 is 2. The van der Waals surface area contributed by atoms with Crippen LogP contribution >= 0.6 is 0 Å². The van der Waals surface area contributed by atoms with Crippen LogP contribution < -0.4 is 4.74 Å². The van der Waals surface area contributed by atoms with E-state index in [0.29, 0.717) is 11.3 Å². The quantitative estimate of drug-likeness (QED) is 0.683. The highest BCUT2D eigenvalue weighted by atomic mass is 16.5. The molecule has 0 aliphatic rings. The lowest BCUT2D eigenvalue weighted by atomic mass is 10.1. The first-order chi connectivity index (χ1) is 6.72. The minimum Gasteiger partial charge on any atom is -0.496 e. The van der Waals surface area contributed by atoms with E-state index < -0.39 is 5.97 Å². The molecule has 0 spiro atoms. The standard InChI is InChI=1S/C11H11O3/c1-4-8-5-6-9(11(12)14-3)10(7-8)13-2/h5-7H,1H2,2-3H3. The Morgan fingerprint density at radius 3 is 2.64 bits per heavy atom. The zero-order chi connectivity index (χ0) is 10.6. The molecule has 0 saturated heterocycles. The maximum Gasteiger partial charge on any atom is 0.341 e. The summed E-state index contributed by atoms with van der Waals surface area (Å²) in [6, 6.07) is 5.03. The molecule has 0 N–H and O–H groups in total. The lowest BCUT2D eigenvalue weighted by Crippen LogP contribution is -2.04. The molecule has 0 unspecified atom stereocenters. The van der Waals surface area contributed by atoms with Gasteiger partial charge in [-0.25, -0.2) is 4.79 Å². The van der Waals surface area contributed by atoms with Crippen molar-refractivity contribution in [3.05, 3.63) is 42.0 Å². The van der Waals surface area contributed by atoms with E-state index in [1.54, 1.807) is 18.2 Å². The molecule has 3 heteroatoms. The molecule has 0 atom stereocenters. The van der Waals surface area contributed by atoms with Crippen molar-refractivity contribution >= 4 is 5.97 Å². The summed E-state index contributed by atoms with van der Waals surface area (Å²) in [6.07, 6.45) is 2.70. The molecular weight excluding hydrogens is 180 g/mol. The molecule has 0 heterocycles. The lowest BCUT2D eigenvalue weighted by molar-refractivity contribution is 0.0597. The number of carbonyl (C=O) groups excluding carboxylic acids is 1. The predicted molar refractivity (Wildman–Crippen MR) is 52.3 cm³/mol. The summed E-state index contributed by atoms with van der Waals surface area (Å²) in [6.45, 7) is 3.50. The molecule has 0 fully saturated rings. The first-order valence-corrected chi connectivity index (χ1v) is 4.02. The van der Waals surface area contributed by atoms with Gasteiger partial charge in [0.1, 0.15) is 11.3 Å². The molecule has 3 nitrogen and oxygen atoms in total. The first kappa shape index (κ1) is 10.3. The highest BCUT2D eigenvalue weighted by molar-refractivity contribution is 5.92. The molecule has 14 heavy (non-hydrogen) atoms. The molecule has 1 rings (SSSR count). The lowest BCUT2D eigenvalue weighted by Gasteiger charge is -2.06. The Morgan fingerprint density at radius 2 is 2.14 bits per heavy atom. The van der Waals surface area contributed by atoms with Crippen LogP contribution in [-0.4, -0.2) is 20.2 Å². The number of benzene rings is 1. The van der Waals surface area contributed by atoms with Gasteiger partial charge in [0, 0.05) is 0 Å². The number of ether oxygens (including phenoxy) is 2. The van der Waals surface area contributed by atoms with Gasteiger partial charge in [-0.2, -0.15) is 0 Å². The summed E-state index contributed by atoms with van der Waals surface area (Å²) >= 11 is 0. The third-order valence-corrected chi connectivity index (χ3v) is 1.81. The zero-order valence-electron chi connectivity index (χ0n) is 8.16. The van der Waals surface area contributed by atoms with Gasteiger partial charge in [-0.1, -0.05) is 12.6 Å². The van der Waals surface area contributed by atoms with Crippen molar-refractivity contribution in [1.82, 2.24) is 0 Å². The van der Waals surface area contributed by atoms with Crippen LogP contribution in [0.15, 0.2) is 24.8 Å². The number of rotatable bonds is 3. The monoisotopic (exact) mass is 191 g/mol. The van der Waals surface area contributed by atoms with Gasteiger partial charge in [-0.15, -0.1) is 0 Å². The molecule has 0 aliphatic carbocycles. The summed E-state index contributed by atoms with van der Waals surface area (Å²) in [7, 11) is 2.82. The van der Waals surface area contributed by atoms with Crippen LogP contribution in [0.25, 0.3) is 0 Å². The molecule has 0 saturated carbocycles. The maximum absolute atomic E-state index is 11.3. The van der Waals surface area contributed by atoms with E-state index in [9.17, 15) is 4.79 Å². The van der Waals surface area contributed by atoms with Crippen molar-refractivity contribution in [3.63, 3.8) is 0 Å². The van der Waals surface area contributed by atoms with E-state index in [0.717, 1.165) is 5.56 Å². The fourth-order valence-corrected chi connectivity index (χ4v) is 1.08. The van der Waals surface area contributed by atoms with E-state index in [1.165, 1.54) is 14.2 Å². The zero-order valence-corrected chi connectivity index (χ0v) is 8.16. The normalized spacial score (nSPS) is 9.29. The van der Waals surface area contributed by atoms with Crippen molar-refractivity contribution in [3.8, 4) is 5.75 Å². The summed E-state index contributed by atoms with van der Waals surface area (Å²) in [4.78, 5) is 11.3. The Kier molecular flexibility index (Phi) is 3.29. The summed E-state index contributed by atoms with van der Waals surface area (Å²) < 4.78 is 9.64. The molecule has 1 aromatic rings. The highest BCUT2D eigenvalue weighted by Crippen LogP contribution is 2.20. The SMILES string of the molecule is C=[C]c1ccc(C(=O)OC)c(OC)c1. The van der Waals surface area contributed by atoms with Gasteiger partial charge in [-0.3, -0.25) is 0 Å². The van der Waals surface area contributed by atoms with Gasteiger partial charge in [-0.05, 0) is 23.8 Å². The van der Waals surface area contributed by atoms with Crippen molar-refractivity contribution in [2.75, 3.05) is 14.2 Å². The summed E-state index contributed by atoms with van der Waals surface area (Å²) in [5.74, 6) is 0.0444. The summed E-state index contributed by atoms with van der Waals surface area (Å²) in [5.41, 5.74) is 1.17. The fraction of sp³-hybridized carbons (Fsp3) is 0.182. The smallest absolute Gasteiger partial charge is 0.341 e. The van der Waals surface area contributed by atoms with Gasteiger partial charge in [0.15, 0.2) is 0 Å². The third-order valence-electron chi connectivity index (χ3n) is 1.81. The molecule has 0 aliphatic heterocycles. The van der Waals surface area contributed by atoms with E-state index in [1.807, 2.05) is 0 Å². The van der Waals surface area contributed by atoms with E-state index in [2.05, 4.69) is 17.4 Å². The average molecular weight is 191 g/mol. The summed E-state index contributed by atoms with van der Waals surface area (Å²) in [5, 5.41) is 0. The Morgan fingerprint density at radius 1 is 1.43 bits per heavy atom. The Hall–Kier alpha value is -1.77. The predicted octanol–water partition coefficient (Wildman–Crippen LogP) is 1.82.